The Balaban J connectivity index is 1.75. The quantitative estimate of drug-likeness (QED) is 0.683. The summed E-state index contributed by atoms with van der Waals surface area (Å²) in [5, 5.41) is 16.2. The van der Waals surface area contributed by atoms with Crippen molar-refractivity contribution in [2.24, 2.45) is 5.92 Å². The third kappa shape index (κ3) is 3.50. The molecule has 0 aromatic carbocycles. The minimum atomic E-state index is -1.05. The summed E-state index contributed by atoms with van der Waals surface area (Å²) < 4.78 is 0. The number of aromatic nitrogens is 1. The Morgan fingerprint density at radius 3 is 2.95 bits per heavy atom. The van der Waals surface area contributed by atoms with Gasteiger partial charge in [0, 0.05) is 31.3 Å². The maximum Gasteiger partial charge on any atom is 0.355 e. The van der Waals surface area contributed by atoms with Crippen molar-refractivity contribution in [1.82, 2.24) is 15.6 Å². The predicted octanol–water partition coefficient (Wildman–Crippen LogP) is -0.364. The van der Waals surface area contributed by atoms with E-state index in [0.29, 0.717) is 24.5 Å². The first-order chi connectivity index (χ1) is 9.06. The summed E-state index contributed by atoms with van der Waals surface area (Å²) in [7, 11) is 0. The third-order valence-electron chi connectivity index (χ3n) is 2.76. The Morgan fingerprint density at radius 1 is 1.58 bits per heavy atom. The monoisotopic (exact) mass is 283 g/mol. The first-order valence-corrected chi connectivity index (χ1v) is 6.66. The molecular weight excluding hydrogens is 270 g/mol. The lowest BCUT2D eigenvalue weighted by Gasteiger charge is -2.07. The van der Waals surface area contributed by atoms with Crippen LogP contribution in [-0.2, 0) is 16.0 Å². The second-order valence-electron chi connectivity index (χ2n) is 4.18. The molecule has 0 bridgehead atoms. The molecule has 1 fully saturated rings. The van der Waals surface area contributed by atoms with Crippen LogP contribution in [0.15, 0.2) is 5.38 Å². The molecule has 1 atom stereocenters. The highest BCUT2D eigenvalue weighted by molar-refractivity contribution is 7.09. The maximum atomic E-state index is 11.7. The van der Waals surface area contributed by atoms with Crippen LogP contribution in [0.1, 0.15) is 21.9 Å². The van der Waals surface area contributed by atoms with Crippen molar-refractivity contribution >= 4 is 29.1 Å². The van der Waals surface area contributed by atoms with E-state index in [2.05, 4.69) is 15.6 Å². The molecule has 0 spiro atoms. The van der Waals surface area contributed by atoms with E-state index < -0.39 is 5.97 Å². The van der Waals surface area contributed by atoms with Gasteiger partial charge in [-0.1, -0.05) is 0 Å². The first-order valence-electron chi connectivity index (χ1n) is 5.78. The zero-order valence-electron chi connectivity index (χ0n) is 10.0. The summed E-state index contributed by atoms with van der Waals surface area (Å²) in [4.78, 5) is 37.2. The zero-order chi connectivity index (χ0) is 13.8. The van der Waals surface area contributed by atoms with Crippen LogP contribution >= 0.6 is 11.3 Å². The Hall–Kier alpha value is -1.96. The van der Waals surface area contributed by atoms with Crippen LogP contribution in [0.4, 0.5) is 0 Å². The fourth-order valence-corrected chi connectivity index (χ4v) is 2.52. The van der Waals surface area contributed by atoms with Crippen LogP contribution in [0.25, 0.3) is 0 Å². The molecule has 8 heteroatoms. The van der Waals surface area contributed by atoms with Gasteiger partial charge in [0.2, 0.25) is 11.8 Å². The average Bonchev–Trinajstić information content (AvgIpc) is 2.98. The number of nitrogens with one attached hydrogen (secondary N) is 2. The van der Waals surface area contributed by atoms with Gasteiger partial charge in [-0.25, -0.2) is 9.78 Å². The van der Waals surface area contributed by atoms with E-state index in [4.69, 9.17) is 5.11 Å². The molecule has 1 aliphatic heterocycles. The van der Waals surface area contributed by atoms with E-state index in [1.807, 2.05) is 0 Å². The van der Waals surface area contributed by atoms with E-state index in [-0.39, 0.29) is 29.8 Å². The lowest BCUT2D eigenvalue weighted by atomic mass is 10.1. The Kier molecular flexibility index (Phi) is 4.10. The van der Waals surface area contributed by atoms with Crippen LogP contribution in [0.3, 0.4) is 0 Å². The van der Waals surface area contributed by atoms with E-state index in [1.54, 1.807) is 0 Å². The van der Waals surface area contributed by atoms with Crippen molar-refractivity contribution in [2.45, 2.75) is 12.8 Å². The Bertz CT molecular complexity index is 514. The van der Waals surface area contributed by atoms with Crippen molar-refractivity contribution in [2.75, 3.05) is 13.1 Å². The summed E-state index contributed by atoms with van der Waals surface area (Å²) >= 11 is 1.25. The lowest BCUT2D eigenvalue weighted by Crippen LogP contribution is -2.33. The standard InChI is InChI=1S/C11H13N3O4S/c15-8-3-6(4-13-8)10(16)12-2-1-9-14-7(5-19-9)11(17)18/h5-6H,1-4H2,(H,12,16)(H,13,15)(H,17,18). The number of carboxylic acid groups (broad SMARTS) is 1. The highest BCUT2D eigenvalue weighted by atomic mass is 32.1. The topological polar surface area (TPSA) is 108 Å². The molecule has 2 rings (SSSR count). The molecule has 0 radical (unpaired) electrons. The SMILES string of the molecule is O=C1CC(C(=O)NCCc2nc(C(=O)O)cs2)CN1. The van der Waals surface area contributed by atoms with Gasteiger partial charge in [0.25, 0.3) is 0 Å². The third-order valence-corrected chi connectivity index (χ3v) is 3.67. The van der Waals surface area contributed by atoms with Crippen molar-refractivity contribution < 1.29 is 19.5 Å². The van der Waals surface area contributed by atoms with Crippen LogP contribution in [-0.4, -0.2) is 41.0 Å². The number of carboxylic acids is 1. The molecule has 2 heterocycles. The minimum Gasteiger partial charge on any atom is -0.476 e. The van der Waals surface area contributed by atoms with Crippen molar-refractivity contribution in [3.05, 3.63) is 16.1 Å². The number of amides is 2. The van der Waals surface area contributed by atoms with Gasteiger partial charge in [-0.05, 0) is 0 Å². The molecule has 1 aromatic rings. The number of carbonyl (C=O) groups is 3. The highest BCUT2D eigenvalue weighted by Crippen LogP contribution is 2.11. The van der Waals surface area contributed by atoms with E-state index >= 15 is 0 Å². The molecule has 102 valence electrons. The molecule has 0 saturated carbocycles. The number of carbonyl (C=O) groups excluding carboxylic acids is 2. The Labute approximate surface area is 113 Å². The number of hydrogen-bond donors (Lipinski definition) is 3. The minimum absolute atomic E-state index is 0.0249. The first kappa shape index (κ1) is 13.5. The van der Waals surface area contributed by atoms with Crippen LogP contribution < -0.4 is 10.6 Å². The van der Waals surface area contributed by atoms with Gasteiger partial charge in [0.15, 0.2) is 5.69 Å². The Morgan fingerprint density at radius 2 is 2.37 bits per heavy atom. The van der Waals surface area contributed by atoms with E-state index in [9.17, 15) is 14.4 Å². The predicted molar refractivity (Wildman–Crippen MR) is 66.9 cm³/mol. The normalized spacial score (nSPS) is 18.1. The molecular formula is C11H13N3O4S. The molecule has 19 heavy (non-hydrogen) atoms. The van der Waals surface area contributed by atoms with Gasteiger partial charge in [0.05, 0.1) is 10.9 Å². The molecule has 0 aliphatic carbocycles. The number of hydrogen-bond acceptors (Lipinski definition) is 5. The number of nitrogens with zero attached hydrogens (tertiary/aromatic N) is 1. The fourth-order valence-electron chi connectivity index (χ4n) is 1.75. The average molecular weight is 283 g/mol. The van der Waals surface area contributed by atoms with Crippen molar-refractivity contribution in [3.8, 4) is 0 Å². The lowest BCUT2D eigenvalue weighted by molar-refractivity contribution is -0.126. The summed E-state index contributed by atoms with van der Waals surface area (Å²) in [6.45, 7) is 0.765. The highest BCUT2D eigenvalue weighted by Gasteiger charge is 2.27. The smallest absolute Gasteiger partial charge is 0.355 e. The zero-order valence-corrected chi connectivity index (χ0v) is 10.8. The van der Waals surface area contributed by atoms with E-state index in [0.717, 1.165) is 0 Å². The summed E-state index contributed by atoms with van der Waals surface area (Å²) in [6.07, 6.45) is 0.712. The van der Waals surface area contributed by atoms with E-state index in [1.165, 1.54) is 16.7 Å². The number of rotatable bonds is 5. The van der Waals surface area contributed by atoms with Crippen LogP contribution in [0.5, 0.6) is 0 Å². The van der Waals surface area contributed by atoms with Crippen LogP contribution in [0, 0.1) is 5.92 Å². The van der Waals surface area contributed by atoms with Gasteiger partial charge in [-0.15, -0.1) is 11.3 Å². The number of thiazole rings is 1. The molecule has 1 aromatic heterocycles. The second kappa shape index (κ2) is 5.79. The van der Waals surface area contributed by atoms with Crippen molar-refractivity contribution in [1.29, 1.82) is 0 Å². The molecule has 7 nitrogen and oxygen atoms in total. The summed E-state index contributed by atoms with van der Waals surface area (Å²) in [6, 6.07) is 0. The molecule has 3 N–H and O–H groups in total. The molecule has 1 saturated heterocycles. The molecule has 1 aliphatic rings. The van der Waals surface area contributed by atoms with Gasteiger partial charge in [-0.3, -0.25) is 9.59 Å². The van der Waals surface area contributed by atoms with Crippen LogP contribution in [0.2, 0.25) is 0 Å². The van der Waals surface area contributed by atoms with Gasteiger partial charge >= 0.3 is 5.97 Å². The summed E-state index contributed by atoms with van der Waals surface area (Å²) in [5.41, 5.74) is 0.0249. The molecule has 1 unspecified atom stereocenters. The summed E-state index contributed by atoms with van der Waals surface area (Å²) in [5.74, 6) is -1.63. The fraction of sp³-hybridized carbons (Fsp3) is 0.455. The van der Waals surface area contributed by atoms with Gasteiger partial charge < -0.3 is 15.7 Å². The molecule has 2 amide bonds. The maximum absolute atomic E-state index is 11.7. The largest absolute Gasteiger partial charge is 0.476 e. The van der Waals surface area contributed by atoms with Crippen molar-refractivity contribution in [3.63, 3.8) is 0 Å². The van der Waals surface area contributed by atoms with Gasteiger partial charge in [-0.2, -0.15) is 0 Å². The second-order valence-corrected chi connectivity index (χ2v) is 5.12. The number of aromatic carboxylic acids is 1. The van der Waals surface area contributed by atoms with Gasteiger partial charge in [0.1, 0.15) is 0 Å².